The van der Waals surface area contributed by atoms with Crippen LogP contribution < -0.4 is 0 Å². The number of hydrogen-bond donors (Lipinski definition) is 0. The third-order valence-corrected chi connectivity index (χ3v) is 5.88. The van der Waals surface area contributed by atoms with Crippen molar-refractivity contribution in [1.29, 1.82) is 0 Å². The summed E-state index contributed by atoms with van der Waals surface area (Å²) in [5, 5.41) is 1.08. The van der Waals surface area contributed by atoms with E-state index in [0.29, 0.717) is 22.2 Å². The van der Waals surface area contributed by atoms with Crippen LogP contribution in [0.1, 0.15) is 29.7 Å². The molecule has 120 valence electrons. The van der Waals surface area contributed by atoms with Gasteiger partial charge in [-0.3, -0.25) is 4.79 Å². The number of carbonyl (C=O) groups excluding carboxylic acids is 1. The van der Waals surface area contributed by atoms with E-state index in [4.69, 9.17) is 23.2 Å². The molecule has 0 aromatic heterocycles. The van der Waals surface area contributed by atoms with E-state index >= 15 is 0 Å². The maximum absolute atomic E-state index is 12.8. The molecule has 1 aliphatic heterocycles. The Balaban J connectivity index is 1.85. The minimum absolute atomic E-state index is 0.0516. The van der Waals surface area contributed by atoms with Gasteiger partial charge in [-0.1, -0.05) is 41.4 Å². The quantitative estimate of drug-likeness (QED) is 0.682. The predicted octanol–water partition coefficient (Wildman–Crippen LogP) is 5.36. The molecule has 0 N–H and O–H groups in total. The van der Waals surface area contributed by atoms with Crippen molar-refractivity contribution in [2.45, 2.75) is 30.8 Å². The van der Waals surface area contributed by atoms with E-state index in [1.807, 2.05) is 4.90 Å². The fourth-order valence-corrected chi connectivity index (χ4v) is 4.24. The van der Waals surface area contributed by atoms with Gasteiger partial charge in [0.1, 0.15) is 0 Å². The maximum atomic E-state index is 12.8. The van der Waals surface area contributed by atoms with Gasteiger partial charge in [0, 0.05) is 21.5 Å². The highest BCUT2D eigenvalue weighted by Crippen LogP contribution is 2.38. The summed E-state index contributed by atoms with van der Waals surface area (Å²) in [6.45, 7) is 2.72. The minimum Gasteiger partial charge on any atom is -0.331 e. The van der Waals surface area contributed by atoms with Gasteiger partial charge in [-0.2, -0.15) is 0 Å². The number of fused-ring (bicyclic) bond motifs is 1. The first-order valence-corrected chi connectivity index (χ1v) is 9.39. The maximum Gasteiger partial charge on any atom is 0.227 e. The molecule has 23 heavy (non-hydrogen) atoms. The van der Waals surface area contributed by atoms with Crippen LogP contribution >= 0.6 is 35.0 Å². The van der Waals surface area contributed by atoms with Gasteiger partial charge in [0.25, 0.3) is 0 Å². The summed E-state index contributed by atoms with van der Waals surface area (Å²) in [6.07, 6.45) is 2.29. The largest absolute Gasteiger partial charge is 0.331 e. The first-order valence-electron chi connectivity index (χ1n) is 7.41. The SMILES string of the molecule is CSc1cccc2c1CN(C(=O)Cc1c(Cl)cccc1Cl)C2C. The topological polar surface area (TPSA) is 20.3 Å². The Morgan fingerprint density at radius 3 is 2.52 bits per heavy atom. The summed E-state index contributed by atoms with van der Waals surface area (Å²) in [5.74, 6) is 0.0516. The molecule has 3 rings (SSSR count). The Kier molecular flexibility index (Phi) is 4.90. The fourth-order valence-electron chi connectivity index (χ4n) is 3.07. The molecule has 0 saturated heterocycles. The zero-order valence-electron chi connectivity index (χ0n) is 13.0. The van der Waals surface area contributed by atoms with Gasteiger partial charge in [0.15, 0.2) is 0 Å². The minimum atomic E-state index is 0.0516. The Labute approximate surface area is 150 Å². The first-order chi connectivity index (χ1) is 11.0. The molecule has 2 nitrogen and oxygen atoms in total. The summed E-state index contributed by atoms with van der Waals surface area (Å²) >= 11 is 14.1. The van der Waals surface area contributed by atoms with Crippen LogP contribution in [0.3, 0.4) is 0 Å². The lowest BCUT2D eigenvalue weighted by Gasteiger charge is -2.22. The van der Waals surface area contributed by atoms with Gasteiger partial charge in [-0.05, 0) is 48.1 Å². The Morgan fingerprint density at radius 2 is 1.87 bits per heavy atom. The molecule has 0 spiro atoms. The highest BCUT2D eigenvalue weighted by atomic mass is 35.5. The molecule has 1 unspecified atom stereocenters. The molecule has 0 radical (unpaired) electrons. The Hall–Kier alpha value is -1.16. The second-order valence-corrected chi connectivity index (χ2v) is 7.27. The fraction of sp³-hybridized carbons (Fsp3) is 0.278. The van der Waals surface area contributed by atoms with Crippen molar-refractivity contribution in [3.05, 3.63) is 63.1 Å². The van der Waals surface area contributed by atoms with Crippen LogP contribution in [-0.4, -0.2) is 17.1 Å². The molecular formula is C18H17Cl2NOS. The lowest BCUT2D eigenvalue weighted by atomic mass is 10.1. The standard InChI is InChI=1S/C18H17Cl2NOS/c1-11-12-5-3-8-17(23-2)14(12)10-21(11)18(22)9-13-15(19)6-4-7-16(13)20/h3-8,11H,9-10H2,1-2H3. The van der Waals surface area contributed by atoms with Crippen LogP contribution in [0.4, 0.5) is 0 Å². The van der Waals surface area contributed by atoms with Crippen molar-refractivity contribution < 1.29 is 4.79 Å². The molecule has 0 bridgehead atoms. The predicted molar refractivity (Wildman–Crippen MR) is 97.4 cm³/mol. The molecular weight excluding hydrogens is 349 g/mol. The summed E-state index contributed by atoms with van der Waals surface area (Å²) in [4.78, 5) is 15.9. The highest BCUT2D eigenvalue weighted by Gasteiger charge is 2.32. The molecule has 0 aliphatic carbocycles. The molecule has 1 aliphatic rings. The van der Waals surface area contributed by atoms with Gasteiger partial charge < -0.3 is 4.90 Å². The van der Waals surface area contributed by atoms with Gasteiger partial charge in [0.2, 0.25) is 5.91 Å². The third kappa shape index (κ3) is 3.10. The molecule has 1 atom stereocenters. The molecule has 2 aromatic carbocycles. The van der Waals surface area contributed by atoms with Gasteiger partial charge in [0.05, 0.1) is 12.5 Å². The van der Waals surface area contributed by atoms with E-state index in [1.54, 1.807) is 30.0 Å². The molecule has 0 saturated carbocycles. The Bertz CT molecular complexity index is 742. The number of benzene rings is 2. The van der Waals surface area contributed by atoms with E-state index in [0.717, 1.165) is 0 Å². The first kappa shape index (κ1) is 16.7. The van der Waals surface area contributed by atoms with Crippen LogP contribution in [0.2, 0.25) is 10.0 Å². The summed E-state index contributed by atoms with van der Waals surface area (Å²) in [5.41, 5.74) is 3.19. The van der Waals surface area contributed by atoms with Gasteiger partial charge in [-0.25, -0.2) is 0 Å². The number of carbonyl (C=O) groups is 1. The van der Waals surface area contributed by atoms with E-state index in [-0.39, 0.29) is 18.4 Å². The van der Waals surface area contributed by atoms with Crippen molar-refractivity contribution in [3.8, 4) is 0 Å². The van der Waals surface area contributed by atoms with Gasteiger partial charge in [-0.15, -0.1) is 11.8 Å². The summed E-state index contributed by atoms with van der Waals surface area (Å²) < 4.78 is 0. The Morgan fingerprint density at radius 1 is 1.22 bits per heavy atom. The molecule has 0 fully saturated rings. The van der Waals surface area contributed by atoms with Crippen LogP contribution in [-0.2, 0) is 17.8 Å². The normalized spacial score (nSPS) is 16.5. The lowest BCUT2D eigenvalue weighted by molar-refractivity contribution is -0.132. The average molecular weight is 366 g/mol. The number of hydrogen-bond acceptors (Lipinski definition) is 2. The summed E-state index contributed by atoms with van der Waals surface area (Å²) in [6, 6.07) is 11.7. The number of nitrogens with zero attached hydrogens (tertiary/aromatic N) is 1. The van der Waals surface area contributed by atoms with Crippen LogP contribution in [0.25, 0.3) is 0 Å². The summed E-state index contributed by atoms with van der Waals surface area (Å²) in [7, 11) is 0. The van der Waals surface area contributed by atoms with Crippen molar-refractivity contribution in [1.82, 2.24) is 4.90 Å². The van der Waals surface area contributed by atoms with E-state index in [1.165, 1.54) is 16.0 Å². The molecule has 1 heterocycles. The smallest absolute Gasteiger partial charge is 0.227 e. The van der Waals surface area contributed by atoms with Crippen molar-refractivity contribution in [3.63, 3.8) is 0 Å². The van der Waals surface area contributed by atoms with E-state index in [9.17, 15) is 4.79 Å². The highest BCUT2D eigenvalue weighted by molar-refractivity contribution is 7.98. The van der Waals surface area contributed by atoms with E-state index < -0.39 is 0 Å². The average Bonchev–Trinajstić information content (AvgIpc) is 2.88. The molecule has 1 amide bonds. The van der Waals surface area contributed by atoms with Crippen molar-refractivity contribution in [2.24, 2.45) is 0 Å². The van der Waals surface area contributed by atoms with Crippen LogP contribution in [0, 0.1) is 0 Å². The van der Waals surface area contributed by atoms with E-state index in [2.05, 4.69) is 31.4 Å². The molecule has 5 heteroatoms. The monoisotopic (exact) mass is 365 g/mol. The van der Waals surface area contributed by atoms with Crippen LogP contribution in [0.5, 0.6) is 0 Å². The number of thioether (sulfide) groups is 1. The zero-order valence-corrected chi connectivity index (χ0v) is 15.3. The second-order valence-electron chi connectivity index (χ2n) is 5.60. The molecule has 2 aromatic rings. The van der Waals surface area contributed by atoms with Gasteiger partial charge >= 0.3 is 0 Å². The number of halogens is 2. The number of amides is 1. The van der Waals surface area contributed by atoms with Crippen LogP contribution in [0.15, 0.2) is 41.3 Å². The second kappa shape index (κ2) is 6.76. The lowest BCUT2D eigenvalue weighted by Crippen LogP contribution is -2.29. The van der Waals surface area contributed by atoms with Crippen molar-refractivity contribution >= 4 is 40.9 Å². The zero-order chi connectivity index (χ0) is 16.6. The number of rotatable bonds is 3. The third-order valence-electron chi connectivity index (χ3n) is 4.35. The van der Waals surface area contributed by atoms with Crippen molar-refractivity contribution in [2.75, 3.05) is 6.26 Å².